The van der Waals surface area contributed by atoms with Crippen molar-refractivity contribution >= 4 is 44.9 Å². The Labute approximate surface area is 170 Å². The summed E-state index contributed by atoms with van der Waals surface area (Å²) in [5.74, 6) is -0.252. The molecule has 1 heterocycles. The third-order valence-corrected chi connectivity index (χ3v) is 5.29. The highest BCUT2D eigenvalue weighted by molar-refractivity contribution is 7.19. The molecule has 6 nitrogen and oxygen atoms in total. The average molecular weight is 401 g/mol. The van der Waals surface area contributed by atoms with Crippen LogP contribution in [0.5, 0.6) is 0 Å². The first-order valence-electron chi connectivity index (χ1n) is 8.79. The number of nitrogens with one attached hydrogen (secondary N) is 1. The smallest absolute Gasteiger partial charge is 0.269 e. The van der Waals surface area contributed by atoms with E-state index in [0.717, 1.165) is 15.8 Å². The Morgan fingerprint density at radius 2 is 1.66 bits per heavy atom. The summed E-state index contributed by atoms with van der Waals surface area (Å²) >= 11 is 1.47. The average Bonchev–Trinajstić information content (AvgIpc) is 3.18. The van der Waals surface area contributed by atoms with Crippen LogP contribution in [0.15, 0.2) is 78.9 Å². The van der Waals surface area contributed by atoms with Crippen LogP contribution in [0.2, 0.25) is 0 Å². The summed E-state index contributed by atoms with van der Waals surface area (Å²) in [5, 5.41) is 14.5. The number of amides is 1. The fraction of sp³-hybridized carbons (Fsp3) is 0. The van der Waals surface area contributed by atoms with Crippen LogP contribution in [-0.2, 0) is 0 Å². The number of non-ortho nitro benzene ring substituents is 1. The lowest BCUT2D eigenvalue weighted by molar-refractivity contribution is -0.384. The molecule has 0 aliphatic rings. The standard InChI is InChI=1S/C22H15N3O3S/c26-21(16-6-2-1-3-7-16)23-19(14-15-10-12-17(13-11-15)25(27)28)22-24-18-8-4-5-9-20(18)29-22/h1-14H,(H,23,26)/b19-14-. The molecule has 3 aromatic carbocycles. The number of carbonyl (C=O) groups is 1. The number of nitro benzene ring substituents is 1. The van der Waals surface area contributed by atoms with E-state index in [0.29, 0.717) is 16.3 Å². The highest BCUT2D eigenvalue weighted by Crippen LogP contribution is 2.27. The zero-order valence-electron chi connectivity index (χ0n) is 15.1. The van der Waals surface area contributed by atoms with Gasteiger partial charge in [0.15, 0.2) is 0 Å². The number of rotatable bonds is 5. The zero-order valence-corrected chi connectivity index (χ0v) is 15.9. The van der Waals surface area contributed by atoms with E-state index in [9.17, 15) is 14.9 Å². The zero-order chi connectivity index (χ0) is 20.2. The van der Waals surface area contributed by atoms with E-state index in [1.807, 2.05) is 30.3 Å². The highest BCUT2D eigenvalue weighted by atomic mass is 32.1. The fourth-order valence-electron chi connectivity index (χ4n) is 2.78. The number of thiazole rings is 1. The fourth-order valence-corrected chi connectivity index (χ4v) is 3.72. The number of hydrogen-bond donors (Lipinski definition) is 1. The van der Waals surface area contributed by atoms with Gasteiger partial charge in [0.25, 0.3) is 11.6 Å². The minimum absolute atomic E-state index is 0.0111. The molecule has 7 heteroatoms. The van der Waals surface area contributed by atoms with Gasteiger partial charge in [-0.1, -0.05) is 30.3 Å². The first-order valence-corrected chi connectivity index (χ1v) is 9.60. The Morgan fingerprint density at radius 1 is 0.966 bits per heavy atom. The molecule has 0 aliphatic heterocycles. The molecule has 4 rings (SSSR count). The lowest BCUT2D eigenvalue weighted by Gasteiger charge is -2.08. The molecule has 0 aliphatic carbocycles. The summed E-state index contributed by atoms with van der Waals surface area (Å²) in [6.07, 6.45) is 1.77. The first kappa shape index (κ1) is 18.5. The van der Waals surface area contributed by atoms with E-state index >= 15 is 0 Å². The Morgan fingerprint density at radius 3 is 2.34 bits per heavy atom. The van der Waals surface area contributed by atoms with E-state index in [1.165, 1.54) is 23.5 Å². The van der Waals surface area contributed by atoms with Gasteiger partial charge in [-0.25, -0.2) is 4.98 Å². The van der Waals surface area contributed by atoms with Crippen molar-refractivity contribution in [2.45, 2.75) is 0 Å². The van der Waals surface area contributed by atoms with Crippen LogP contribution in [-0.4, -0.2) is 15.8 Å². The van der Waals surface area contributed by atoms with Gasteiger partial charge in [-0.2, -0.15) is 0 Å². The number of para-hydroxylation sites is 1. The largest absolute Gasteiger partial charge is 0.319 e. The highest BCUT2D eigenvalue weighted by Gasteiger charge is 2.14. The van der Waals surface area contributed by atoms with Crippen molar-refractivity contribution in [2.75, 3.05) is 0 Å². The van der Waals surface area contributed by atoms with Crippen LogP contribution in [0.1, 0.15) is 20.9 Å². The Kier molecular flexibility index (Phi) is 5.13. The maximum atomic E-state index is 12.7. The molecule has 0 spiro atoms. The Balaban J connectivity index is 1.73. The van der Waals surface area contributed by atoms with Crippen LogP contribution in [0.4, 0.5) is 5.69 Å². The van der Waals surface area contributed by atoms with Crippen molar-refractivity contribution in [3.63, 3.8) is 0 Å². The molecule has 1 amide bonds. The van der Waals surface area contributed by atoms with Crippen molar-refractivity contribution in [3.05, 3.63) is 105 Å². The van der Waals surface area contributed by atoms with E-state index in [-0.39, 0.29) is 11.6 Å². The summed E-state index contributed by atoms with van der Waals surface area (Å²) in [4.78, 5) is 27.8. The van der Waals surface area contributed by atoms with Gasteiger partial charge in [-0.15, -0.1) is 11.3 Å². The number of nitro groups is 1. The van der Waals surface area contributed by atoms with Crippen LogP contribution < -0.4 is 5.32 Å². The van der Waals surface area contributed by atoms with Crippen LogP contribution in [0, 0.1) is 10.1 Å². The summed E-state index contributed by atoms with van der Waals surface area (Å²) < 4.78 is 1.01. The van der Waals surface area contributed by atoms with Crippen molar-refractivity contribution < 1.29 is 9.72 Å². The monoisotopic (exact) mass is 401 g/mol. The van der Waals surface area contributed by atoms with E-state index in [4.69, 9.17) is 0 Å². The van der Waals surface area contributed by atoms with Crippen LogP contribution in [0.3, 0.4) is 0 Å². The molecular formula is C22H15N3O3S. The number of nitrogens with zero attached hydrogens (tertiary/aromatic N) is 2. The molecule has 0 saturated heterocycles. The van der Waals surface area contributed by atoms with Gasteiger partial charge in [0, 0.05) is 17.7 Å². The molecule has 142 valence electrons. The van der Waals surface area contributed by atoms with Gasteiger partial charge in [-0.3, -0.25) is 14.9 Å². The van der Waals surface area contributed by atoms with Crippen LogP contribution in [0.25, 0.3) is 22.0 Å². The van der Waals surface area contributed by atoms with E-state index in [2.05, 4.69) is 10.3 Å². The maximum Gasteiger partial charge on any atom is 0.269 e. The lowest BCUT2D eigenvalue weighted by atomic mass is 10.1. The normalized spacial score (nSPS) is 11.4. The van der Waals surface area contributed by atoms with Gasteiger partial charge in [0.2, 0.25) is 0 Å². The lowest BCUT2D eigenvalue weighted by Crippen LogP contribution is -2.21. The quantitative estimate of drug-likeness (QED) is 0.371. The predicted molar refractivity (Wildman–Crippen MR) is 114 cm³/mol. The molecule has 0 fully saturated rings. The molecular weight excluding hydrogens is 386 g/mol. The van der Waals surface area contributed by atoms with Gasteiger partial charge >= 0.3 is 0 Å². The number of carbonyl (C=O) groups excluding carboxylic acids is 1. The molecule has 0 atom stereocenters. The molecule has 0 bridgehead atoms. The van der Waals surface area contributed by atoms with Crippen molar-refractivity contribution in [2.24, 2.45) is 0 Å². The second-order valence-corrected chi connectivity index (χ2v) is 7.24. The van der Waals surface area contributed by atoms with Gasteiger partial charge in [0.1, 0.15) is 5.01 Å². The number of benzene rings is 3. The molecule has 4 aromatic rings. The Bertz CT molecular complexity index is 1180. The minimum atomic E-state index is -0.445. The van der Waals surface area contributed by atoms with Gasteiger partial charge in [0.05, 0.1) is 20.8 Å². The second kappa shape index (κ2) is 8.04. The summed E-state index contributed by atoms with van der Waals surface area (Å²) in [6, 6.07) is 22.8. The molecule has 0 saturated carbocycles. The molecule has 1 N–H and O–H groups in total. The Hall–Kier alpha value is -3.84. The van der Waals surface area contributed by atoms with Crippen LogP contribution >= 0.6 is 11.3 Å². The number of aromatic nitrogens is 1. The van der Waals surface area contributed by atoms with E-state index < -0.39 is 4.92 Å². The molecule has 29 heavy (non-hydrogen) atoms. The minimum Gasteiger partial charge on any atom is -0.319 e. The van der Waals surface area contributed by atoms with Gasteiger partial charge < -0.3 is 5.32 Å². The summed E-state index contributed by atoms with van der Waals surface area (Å²) in [6.45, 7) is 0. The molecule has 1 aromatic heterocycles. The third-order valence-electron chi connectivity index (χ3n) is 4.22. The number of hydrogen-bond acceptors (Lipinski definition) is 5. The van der Waals surface area contributed by atoms with Gasteiger partial charge in [-0.05, 0) is 48.0 Å². The van der Waals surface area contributed by atoms with Crippen molar-refractivity contribution in [3.8, 4) is 0 Å². The summed E-state index contributed by atoms with van der Waals surface area (Å²) in [5.41, 5.74) is 2.64. The third kappa shape index (κ3) is 4.20. The maximum absolute atomic E-state index is 12.7. The second-order valence-electron chi connectivity index (χ2n) is 6.21. The van der Waals surface area contributed by atoms with E-state index in [1.54, 1.807) is 42.5 Å². The molecule has 0 radical (unpaired) electrons. The predicted octanol–water partition coefficient (Wildman–Crippen LogP) is 5.13. The topological polar surface area (TPSA) is 85.1 Å². The molecule has 0 unspecified atom stereocenters. The number of fused-ring (bicyclic) bond motifs is 1. The first-order chi connectivity index (χ1) is 14.1. The summed E-state index contributed by atoms with van der Waals surface area (Å²) in [7, 11) is 0. The van der Waals surface area contributed by atoms with Crippen molar-refractivity contribution in [1.29, 1.82) is 0 Å². The van der Waals surface area contributed by atoms with Crippen molar-refractivity contribution in [1.82, 2.24) is 10.3 Å². The SMILES string of the molecule is O=C(N/C(=C\c1ccc([N+](=O)[O-])cc1)c1nc2ccccc2s1)c1ccccc1.